The normalized spacial score (nSPS) is 17.1. The minimum atomic E-state index is 0.727. The highest BCUT2D eigenvalue weighted by Gasteiger charge is 2.15. The average molecular weight is 311 g/mol. The van der Waals surface area contributed by atoms with E-state index >= 15 is 0 Å². The van der Waals surface area contributed by atoms with Crippen LogP contribution in [0.3, 0.4) is 0 Å². The van der Waals surface area contributed by atoms with Crippen molar-refractivity contribution in [2.24, 2.45) is 0 Å². The molecular weight excluding hydrogens is 290 g/mol. The molecular formula is C16H21N7. The quantitative estimate of drug-likeness (QED) is 0.777. The Kier molecular flexibility index (Phi) is 3.80. The zero-order chi connectivity index (χ0) is 15.6. The van der Waals surface area contributed by atoms with E-state index in [0.717, 1.165) is 55.9 Å². The van der Waals surface area contributed by atoms with Crippen LogP contribution < -0.4 is 0 Å². The fourth-order valence-electron chi connectivity index (χ4n) is 2.99. The molecule has 0 spiro atoms. The van der Waals surface area contributed by atoms with Gasteiger partial charge in [-0.05, 0) is 18.7 Å². The summed E-state index contributed by atoms with van der Waals surface area (Å²) in [5.41, 5.74) is 3.29. The molecule has 1 fully saturated rings. The number of hydrogen-bond donors (Lipinski definition) is 1. The van der Waals surface area contributed by atoms with E-state index in [-0.39, 0.29) is 0 Å². The van der Waals surface area contributed by atoms with Crippen LogP contribution in [-0.4, -0.2) is 68.2 Å². The van der Waals surface area contributed by atoms with Crippen molar-refractivity contribution in [3.63, 3.8) is 0 Å². The minimum absolute atomic E-state index is 0.727. The number of benzene rings is 1. The molecule has 23 heavy (non-hydrogen) atoms. The van der Waals surface area contributed by atoms with E-state index in [9.17, 15) is 0 Å². The average Bonchev–Trinajstić information content (AvgIpc) is 3.18. The molecule has 1 aromatic carbocycles. The Hall–Kier alpha value is -2.25. The standard InChI is InChI=1S/C16H21N7/c1-21-4-6-22(7-5-21)11-15-12-23(20-18-15)10-13-2-3-14-9-17-19-16(14)8-13/h2-3,8-9,12H,4-7,10-11H2,1H3,(H,17,19). The van der Waals surface area contributed by atoms with Crippen molar-refractivity contribution in [3.8, 4) is 0 Å². The second-order valence-corrected chi connectivity index (χ2v) is 6.28. The van der Waals surface area contributed by atoms with Crippen molar-refractivity contribution in [3.05, 3.63) is 41.9 Å². The lowest BCUT2D eigenvalue weighted by atomic mass is 10.2. The van der Waals surface area contributed by atoms with E-state index in [1.807, 2.05) is 10.9 Å². The van der Waals surface area contributed by atoms with Gasteiger partial charge in [-0.25, -0.2) is 4.68 Å². The summed E-state index contributed by atoms with van der Waals surface area (Å²) in [6, 6.07) is 6.31. The third-order valence-corrected chi connectivity index (χ3v) is 4.42. The van der Waals surface area contributed by atoms with E-state index in [0.29, 0.717) is 0 Å². The van der Waals surface area contributed by atoms with Crippen molar-refractivity contribution in [2.75, 3.05) is 33.2 Å². The van der Waals surface area contributed by atoms with E-state index in [2.05, 4.69) is 61.8 Å². The van der Waals surface area contributed by atoms with Crippen LogP contribution in [0.1, 0.15) is 11.3 Å². The van der Waals surface area contributed by atoms with E-state index in [1.165, 1.54) is 5.56 Å². The summed E-state index contributed by atoms with van der Waals surface area (Å²) in [6.45, 7) is 6.05. The Morgan fingerprint density at radius 2 is 2.00 bits per heavy atom. The number of aromatic amines is 1. The third-order valence-electron chi connectivity index (χ3n) is 4.42. The van der Waals surface area contributed by atoms with Crippen LogP contribution in [0.5, 0.6) is 0 Å². The number of aromatic nitrogens is 5. The molecule has 0 radical (unpaired) electrons. The first kappa shape index (κ1) is 14.3. The Bertz CT molecular complexity index is 782. The molecule has 0 amide bonds. The van der Waals surface area contributed by atoms with Crippen molar-refractivity contribution in [1.82, 2.24) is 35.0 Å². The predicted molar refractivity (Wildman–Crippen MR) is 88.0 cm³/mol. The number of fused-ring (bicyclic) bond motifs is 1. The molecule has 7 heteroatoms. The lowest BCUT2D eigenvalue weighted by Gasteiger charge is -2.31. The molecule has 4 rings (SSSR count). The molecule has 0 bridgehead atoms. The Morgan fingerprint density at radius 1 is 1.13 bits per heavy atom. The Balaban J connectivity index is 1.41. The van der Waals surface area contributed by atoms with Crippen LogP contribution in [0.4, 0.5) is 0 Å². The molecule has 3 aromatic rings. The van der Waals surface area contributed by atoms with Crippen LogP contribution in [0, 0.1) is 0 Å². The first-order valence-corrected chi connectivity index (χ1v) is 7.98. The summed E-state index contributed by atoms with van der Waals surface area (Å²) in [5.74, 6) is 0. The third kappa shape index (κ3) is 3.25. The second-order valence-electron chi connectivity index (χ2n) is 6.28. The lowest BCUT2D eigenvalue weighted by molar-refractivity contribution is 0.147. The van der Waals surface area contributed by atoms with Gasteiger partial charge in [-0.1, -0.05) is 17.3 Å². The van der Waals surface area contributed by atoms with Gasteiger partial charge in [-0.15, -0.1) is 5.10 Å². The van der Waals surface area contributed by atoms with Gasteiger partial charge in [0.1, 0.15) is 0 Å². The smallest absolute Gasteiger partial charge is 0.0967 e. The van der Waals surface area contributed by atoms with Crippen LogP contribution >= 0.6 is 0 Å². The Labute approximate surface area is 134 Å². The zero-order valence-electron chi connectivity index (χ0n) is 13.3. The highest BCUT2D eigenvalue weighted by Crippen LogP contribution is 2.14. The molecule has 0 saturated carbocycles. The van der Waals surface area contributed by atoms with Gasteiger partial charge < -0.3 is 4.90 Å². The molecule has 0 atom stereocenters. The molecule has 1 aliphatic rings. The number of rotatable bonds is 4. The van der Waals surface area contributed by atoms with Crippen molar-refractivity contribution < 1.29 is 0 Å². The zero-order valence-corrected chi connectivity index (χ0v) is 13.3. The van der Waals surface area contributed by atoms with E-state index < -0.39 is 0 Å². The van der Waals surface area contributed by atoms with E-state index in [4.69, 9.17) is 0 Å². The van der Waals surface area contributed by atoms with E-state index in [1.54, 1.807) is 0 Å². The number of piperazine rings is 1. The van der Waals surface area contributed by atoms with Gasteiger partial charge in [0, 0.05) is 38.1 Å². The van der Waals surface area contributed by atoms with Crippen molar-refractivity contribution >= 4 is 10.9 Å². The number of H-pyrrole nitrogens is 1. The molecule has 1 N–H and O–H groups in total. The van der Waals surface area contributed by atoms with Crippen molar-refractivity contribution in [2.45, 2.75) is 13.1 Å². The lowest BCUT2D eigenvalue weighted by Crippen LogP contribution is -2.43. The summed E-state index contributed by atoms with van der Waals surface area (Å²) >= 11 is 0. The van der Waals surface area contributed by atoms with Crippen molar-refractivity contribution in [1.29, 1.82) is 0 Å². The number of nitrogens with zero attached hydrogens (tertiary/aromatic N) is 6. The molecule has 1 saturated heterocycles. The fourth-order valence-corrected chi connectivity index (χ4v) is 2.99. The molecule has 7 nitrogen and oxygen atoms in total. The van der Waals surface area contributed by atoms with Gasteiger partial charge in [0.15, 0.2) is 0 Å². The van der Waals surface area contributed by atoms with Gasteiger partial charge in [0.25, 0.3) is 0 Å². The largest absolute Gasteiger partial charge is 0.304 e. The molecule has 0 aliphatic carbocycles. The minimum Gasteiger partial charge on any atom is -0.304 e. The van der Waals surface area contributed by atoms with Gasteiger partial charge in [-0.2, -0.15) is 5.10 Å². The summed E-state index contributed by atoms with van der Waals surface area (Å²) in [4.78, 5) is 4.80. The molecule has 120 valence electrons. The number of likely N-dealkylation sites (N-methyl/N-ethyl adjacent to an activating group) is 1. The SMILES string of the molecule is CN1CCN(Cc2cn(Cc3ccc4cn[nH]c4c3)nn2)CC1. The second kappa shape index (κ2) is 6.10. The maximum Gasteiger partial charge on any atom is 0.0967 e. The van der Waals surface area contributed by atoms with Crippen LogP contribution in [0.25, 0.3) is 10.9 Å². The van der Waals surface area contributed by atoms with Crippen LogP contribution in [0.15, 0.2) is 30.6 Å². The van der Waals surface area contributed by atoms with Crippen LogP contribution in [-0.2, 0) is 13.1 Å². The number of nitrogens with one attached hydrogen (secondary N) is 1. The highest BCUT2D eigenvalue weighted by molar-refractivity contribution is 5.78. The monoisotopic (exact) mass is 311 g/mol. The molecule has 0 unspecified atom stereocenters. The van der Waals surface area contributed by atoms with Gasteiger partial charge >= 0.3 is 0 Å². The maximum atomic E-state index is 4.32. The topological polar surface area (TPSA) is 65.9 Å². The summed E-state index contributed by atoms with van der Waals surface area (Å²) in [6.07, 6.45) is 3.89. The number of hydrogen-bond acceptors (Lipinski definition) is 5. The summed E-state index contributed by atoms with van der Waals surface area (Å²) < 4.78 is 1.91. The Morgan fingerprint density at radius 3 is 2.87 bits per heavy atom. The van der Waals surface area contributed by atoms with Gasteiger partial charge in [0.2, 0.25) is 0 Å². The summed E-state index contributed by atoms with van der Waals surface area (Å²) in [5, 5.41) is 16.8. The molecule has 1 aliphatic heterocycles. The first-order valence-electron chi connectivity index (χ1n) is 7.98. The molecule has 3 heterocycles. The maximum absolute atomic E-state index is 4.32. The highest BCUT2D eigenvalue weighted by atomic mass is 15.4. The predicted octanol–water partition coefficient (Wildman–Crippen LogP) is 0.950. The van der Waals surface area contributed by atoms with Crippen LogP contribution in [0.2, 0.25) is 0 Å². The van der Waals surface area contributed by atoms with Gasteiger partial charge in [0.05, 0.1) is 30.1 Å². The first-order chi connectivity index (χ1) is 11.3. The van der Waals surface area contributed by atoms with Gasteiger partial charge in [-0.3, -0.25) is 10.00 Å². The molecule has 2 aromatic heterocycles. The fraction of sp³-hybridized carbons (Fsp3) is 0.438. The summed E-state index contributed by atoms with van der Waals surface area (Å²) in [7, 11) is 2.17.